The largest absolute Gasteiger partial charge is 0.350 e. The van der Waals surface area contributed by atoms with Gasteiger partial charge in [0.2, 0.25) is 0 Å². The third-order valence-electron chi connectivity index (χ3n) is 6.59. The predicted molar refractivity (Wildman–Crippen MR) is 144 cm³/mol. The van der Waals surface area contributed by atoms with Gasteiger partial charge in [0.25, 0.3) is 0 Å². The van der Waals surface area contributed by atoms with Crippen molar-refractivity contribution in [1.29, 1.82) is 0 Å². The van der Waals surface area contributed by atoms with E-state index in [4.69, 9.17) is 17.3 Å². The van der Waals surface area contributed by atoms with Crippen LogP contribution in [0.3, 0.4) is 0 Å². The van der Waals surface area contributed by atoms with E-state index in [9.17, 15) is 0 Å². The molecule has 4 aromatic carbocycles. The summed E-state index contributed by atoms with van der Waals surface area (Å²) in [6.45, 7) is 0. The highest BCUT2D eigenvalue weighted by atomic mass is 35.5. The number of halogens is 1. The van der Waals surface area contributed by atoms with E-state index >= 15 is 0 Å². The molecule has 2 heterocycles. The van der Waals surface area contributed by atoms with Crippen molar-refractivity contribution >= 4 is 33.4 Å². The topological polar surface area (TPSA) is 56.7 Å². The van der Waals surface area contributed by atoms with Crippen LogP contribution in [0.2, 0.25) is 5.02 Å². The second-order valence-electron chi connectivity index (χ2n) is 8.74. The Morgan fingerprint density at radius 2 is 1.57 bits per heavy atom. The van der Waals surface area contributed by atoms with Crippen LogP contribution in [0.5, 0.6) is 0 Å². The van der Waals surface area contributed by atoms with Crippen LogP contribution in [0, 0.1) is 0 Å². The highest BCUT2D eigenvalue weighted by Crippen LogP contribution is 2.38. The van der Waals surface area contributed by atoms with Gasteiger partial charge in [-0.25, -0.2) is 0 Å². The first kappa shape index (κ1) is 21.5. The molecule has 6 aromatic rings. The number of nitrogens with zero attached hydrogens (tertiary/aromatic N) is 3. The van der Waals surface area contributed by atoms with E-state index in [0.29, 0.717) is 10.5 Å². The molecule has 0 fully saturated rings. The lowest BCUT2D eigenvalue weighted by molar-refractivity contribution is 0.861. The van der Waals surface area contributed by atoms with E-state index in [0.717, 1.165) is 44.4 Å². The summed E-state index contributed by atoms with van der Waals surface area (Å²) in [6, 6.07) is 32.5. The maximum atomic E-state index is 6.88. The minimum Gasteiger partial charge on any atom is -0.350 e. The summed E-state index contributed by atoms with van der Waals surface area (Å²) in [7, 11) is 2.06. The van der Waals surface area contributed by atoms with Crippen LogP contribution >= 0.6 is 11.6 Å². The number of aryl methyl sites for hydroxylation is 1. The summed E-state index contributed by atoms with van der Waals surface area (Å²) in [4.78, 5) is 0. The van der Waals surface area contributed by atoms with Gasteiger partial charge in [-0.3, -0.25) is 0 Å². The van der Waals surface area contributed by atoms with Crippen molar-refractivity contribution in [2.75, 3.05) is 0 Å². The van der Waals surface area contributed by atoms with Gasteiger partial charge in [0, 0.05) is 29.8 Å². The van der Waals surface area contributed by atoms with Crippen molar-refractivity contribution < 1.29 is 0 Å². The monoisotopic (exact) mass is 474 g/mol. The number of para-hydroxylation sites is 1. The number of aromatic nitrogens is 3. The first-order valence-electron chi connectivity index (χ1n) is 11.5. The number of nitrogens with two attached hydrogens (primary N) is 1. The first-order chi connectivity index (χ1) is 17.1. The quantitative estimate of drug-likeness (QED) is 0.295. The fraction of sp³-hybridized carbons (Fsp3) is 0.0667. The van der Waals surface area contributed by atoms with Crippen molar-refractivity contribution in [3.8, 4) is 22.4 Å². The molecule has 2 aromatic heterocycles. The predicted octanol–water partition coefficient (Wildman–Crippen LogP) is 7.16. The lowest BCUT2D eigenvalue weighted by atomic mass is 9.91. The molecule has 5 heteroatoms. The van der Waals surface area contributed by atoms with Gasteiger partial charge in [-0.05, 0) is 40.3 Å². The van der Waals surface area contributed by atoms with Crippen molar-refractivity contribution in [3.63, 3.8) is 0 Å². The molecule has 0 saturated carbocycles. The minimum absolute atomic E-state index is 0.280. The zero-order valence-corrected chi connectivity index (χ0v) is 19.9. The molecular weight excluding hydrogens is 452 g/mol. The molecule has 2 N–H and O–H groups in total. The maximum Gasteiger partial charge on any atom is 0.112 e. The van der Waals surface area contributed by atoms with E-state index in [1.54, 1.807) is 0 Å². The normalized spacial score (nSPS) is 12.3. The molecule has 0 spiro atoms. The van der Waals surface area contributed by atoms with Gasteiger partial charge < -0.3 is 10.3 Å². The van der Waals surface area contributed by atoms with E-state index in [1.165, 1.54) is 5.39 Å². The fourth-order valence-electron chi connectivity index (χ4n) is 4.89. The fourth-order valence-corrected chi connectivity index (χ4v) is 5.11. The molecular formula is C30H23ClN4. The van der Waals surface area contributed by atoms with Gasteiger partial charge in [0.15, 0.2) is 0 Å². The first-order valence-corrected chi connectivity index (χ1v) is 11.9. The van der Waals surface area contributed by atoms with Gasteiger partial charge in [-0.15, -0.1) is 10.2 Å². The summed E-state index contributed by atoms with van der Waals surface area (Å²) in [5.41, 5.74) is 14.7. The number of rotatable bonds is 4. The van der Waals surface area contributed by atoms with Gasteiger partial charge >= 0.3 is 0 Å². The molecule has 6 rings (SSSR count). The zero-order valence-electron chi connectivity index (χ0n) is 19.2. The molecule has 0 aliphatic heterocycles. The van der Waals surface area contributed by atoms with Gasteiger partial charge in [-0.2, -0.15) is 0 Å². The van der Waals surface area contributed by atoms with Crippen LogP contribution in [0.4, 0.5) is 0 Å². The number of hydrogen-bond donors (Lipinski definition) is 1. The SMILES string of the molecule is Cn1ccc2cccc(C(N)c3cccc(-c4c(-c5ccccc5)nnc5c(Cl)cccc45)c3)c21. The van der Waals surface area contributed by atoms with Gasteiger partial charge in [0.1, 0.15) is 11.2 Å². The Labute approximate surface area is 208 Å². The Morgan fingerprint density at radius 1 is 0.800 bits per heavy atom. The Balaban J connectivity index is 1.56. The molecule has 0 aliphatic rings. The maximum absolute atomic E-state index is 6.88. The number of benzene rings is 4. The molecule has 170 valence electrons. The molecule has 0 amide bonds. The van der Waals surface area contributed by atoms with Gasteiger partial charge in [0.05, 0.1) is 16.6 Å². The van der Waals surface area contributed by atoms with Crippen LogP contribution in [0.1, 0.15) is 17.2 Å². The lowest BCUT2D eigenvalue weighted by Gasteiger charge is -2.18. The smallest absolute Gasteiger partial charge is 0.112 e. The number of hydrogen-bond acceptors (Lipinski definition) is 3. The molecule has 1 atom stereocenters. The average molecular weight is 475 g/mol. The van der Waals surface area contributed by atoms with Gasteiger partial charge in [-0.1, -0.05) is 90.5 Å². The molecule has 4 nitrogen and oxygen atoms in total. The zero-order chi connectivity index (χ0) is 23.9. The standard InChI is InChI=1S/C30H23ClN4/c1-35-17-16-20-10-6-14-24(30(20)35)27(32)22-12-5-11-21(18-22)26-23-13-7-15-25(31)29(23)34-33-28(26)19-8-3-2-4-9-19/h2-18,27H,32H2,1H3. The van der Waals surface area contributed by atoms with E-state index in [-0.39, 0.29) is 6.04 Å². The molecule has 0 bridgehead atoms. The summed E-state index contributed by atoms with van der Waals surface area (Å²) >= 11 is 6.51. The Hall–Kier alpha value is -3.99. The summed E-state index contributed by atoms with van der Waals surface area (Å²) in [6.07, 6.45) is 2.07. The molecule has 0 radical (unpaired) electrons. The van der Waals surface area contributed by atoms with Crippen LogP contribution < -0.4 is 5.73 Å². The second-order valence-corrected chi connectivity index (χ2v) is 9.15. The molecule has 0 saturated heterocycles. The highest BCUT2D eigenvalue weighted by Gasteiger charge is 2.19. The van der Waals surface area contributed by atoms with Crippen LogP contribution in [0.15, 0.2) is 103 Å². The third-order valence-corrected chi connectivity index (χ3v) is 6.89. The Kier molecular flexibility index (Phi) is 5.33. The number of fused-ring (bicyclic) bond motifs is 2. The summed E-state index contributed by atoms with van der Waals surface area (Å²) < 4.78 is 2.13. The average Bonchev–Trinajstić information content (AvgIpc) is 3.29. The Bertz CT molecular complexity index is 1690. The highest BCUT2D eigenvalue weighted by molar-refractivity contribution is 6.35. The van der Waals surface area contributed by atoms with E-state index in [2.05, 4.69) is 94.7 Å². The molecule has 1 unspecified atom stereocenters. The second kappa shape index (κ2) is 8.66. The van der Waals surface area contributed by atoms with Crippen molar-refractivity contribution in [1.82, 2.24) is 14.8 Å². The van der Waals surface area contributed by atoms with Crippen LogP contribution in [-0.2, 0) is 7.05 Å². The van der Waals surface area contributed by atoms with Crippen molar-refractivity contribution in [2.24, 2.45) is 12.8 Å². The van der Waals surface area contributed by atoms with E-state index in [1.807, 2.05) is 30.3 Å². The van der Waals surface area contributed by atoms with Crippen molar-refractivity contribution in [2.45, 2.75) is 6.04 Å². The minimum atomic E-state index is -0.280. The van der Waals surface area contributed by atoms with Crippen LogP contribution in [0.25, 0.3) is 44.2 Å². The lowest BCUT2D eigenvalue weighted by Crippen LogP contribution is -2.13. The summed E-state index contributed by atoms with van der Waals surface area (Å²) in [5, 5.41) is 11.8. The molecule has 0 aliphatic carbocycles. The van der Waals surface area contributed by atoms with Crippen molar-refractivity contribution in [3.05, 3.63) is 119 Å². The van der Waals surface area contributed by atoms with E-state index < -0.39 is 0 Å². The third kappa shape index (κ3) is 3.68. The summed E-state index contributed by atoms with van der Waals surface area (Å²) in [5.74, 6) is 0. The molecule has 35 heavy (non-hydrogen) atoms. The Morgan fingerprint density at radius 3 is 2.43 bits per heavy atom. The van der Waals surface area contributed by atoms with Crippen LogP contribution in [-0.4, -0.2) is 14.8 Å².